The number of carbonyl (C=O) groups is 2. The molecule has 0 unspecified atom stereocenters. The van der Waals surface area contributed by atoms with E-state index in [1.807, 2.05) is 0 Å². The summed E-state index contributed by atoms with van der Waals surface area (Å²) < 4.78 is 6.78. The van der Waals surface area contributed by atoms with E-state index in [4.69, 9.17) is 33.7 Å². The number of fused-ring (bicyclic) bond motifs is 1. The molecule has 7 nitrogen and oxygen atoms in total. The van der Waals surface area contributed by atoms with E-state index in [0.29, 0.717) is 19.9 Å². The smallest absolute Gasteiger partial charge is 0.327 e. The fraction of sp³-hybridized carbons (Fsp3) is 0.421. The van der Waals surface area contributed by atoms with E-state index in [2.05, 4.69) is 4.98 Å². The van der Waals surface area contributed by atoms with Crippen LogP contribution in [0.2, 0.25) is 10.0 Å². The van der Waals surface area contributed by atoms with Crippen molar-refractivity contribution in [1.82, 2.24) is 4.98 Å². The number of carboxylic acid groups (broad SMARTS) is 2. The number of ether oxygens (including phenoxy) is 1. The summed E-state index contributed by atoms with van der Waals surface area (Å²) in [5.74, 6) is -3.64. The number of carboxylic acids is 2. The first-order valence-electron chi connectivity index (χ1n) is 8.99. The van der Waals surface area contributed by atoms with Crippen LogP contribution in [0, 0.1) is 17.3 Å². The van der Waals surface area contributed by atoms with Gasteiger partial charge in [0.1, 0.15) is 9.88 Å². The van der Waals surface area contributed by atoms with Gasteiger partial charge in [0.15, 0.2) is 0 Å². The molecule has 2 aliphatic carbocycles. The van der Waals surface area contributed by atoms with E-state index in [1.54, 1.807) is 36.7 Å². The van der Waals surface area contributed by atoms with Crippen LogP contribution in [0.5, 0.6) is 0 Å². The third-order valence-corrected chi connectivity index (χ3v) is 9.26. The molecule has 0 amide bonds. The van der Waals surface area contributed by atoms with Gasteiger partial charge in [-0.3, -0.25) is 9.59 Å². The molecule has 4 rings (SSSR count). The summed E-state index contributed by atoms with van der Waals surface area (Å²) in [4.78, 5) is 28.4. The van der Waals surface area contributed by atoms with Gasteiger partial charge in [-0.15, -0.1) is 11.3 Å². The minimum atomic E-state index is -1.87. The Kier molecular flexibility index (Phi) is 5.57. The van der Waals surface area contributed by atoms with Gasteiger partial charge < -0.3 is 20.7 Å². The van der Waals surface area contributed by atoms with Crippen molar-refractivity contribution in [2.24, 2.45) is 23.0 Å². The molecule has 6 atom stereocenters. The van der Waals surface area contributed by atoms with Crippen LogP contribution in [0.1, 0.15) is 12.5 Å². The third-order valence-electron chi connectivity index (χ3n) is 6.26. The number of aromatic nitrogens is 1. The zero-order chi connectivity index (χ0) is 21.8. The quantitative estimate of drug-likeness (QED) is 0.539. The zero-order valence-electron chi connectivity index (χ0n) is 15.6. The first-order valence-corrected chi connectivity index (χ1v) is 11.5. The first kappa shape index (κ1) is 21.9. The highest BCUT2D eigenvalue weighted by molar-refractivity contribution is 8.01. The number of thioether (sulfide) groups is 1. The van der Waals surface area contributed by atoms with Gasteiger partial charge in [-0.2, -0.15) is 0 Å². The molecule has 0 saturated heterocycles. The van der Waals surface area contributed by atoms with Gasteiger partial charge in [0.25, 0.3) is 0 Å². The van der Waals surface area contributed by atoms with E-state index in [0.717, 1.165) is 0 Å². The van der Waals surface area contributed by atoms with Crippen molar-refractivity contribution in [2.45, 2.75) is 34.8 Å². The van der Waals surface area contributed by atoms with Crippen molar-refractivity contribution in [3.8, 4) is 0 Å². The molecular formula is C19H18Cl2N2O5S2. The Balaban J connectivity index is 1.68. The molecule has 0 bridgehead atoms. The fourth-order valence-electron chi connectivity index (χ4n) is 4.69. The summed E-state index contributed by atoms with van der Waals surface area (Å²) in [5.41, 5.74) is 4.16. The van der Waals surface area contributed by atoms with E-state index in [-0.39, 0.29) is 6.61 Å². The number of rotatable bonds is 7. The average molecular weight is 489 g/mol. The van der Waals surface area contributed by atoms with Crippen LogP contribution < -0.4 is 5.73 Å². The number of hydrogen-bond donors (Lipinski definition) is 3. The number of hydrogen-bond acceptors (Lipinski definition) is 7. The van der Waals surface area contributed by atoms with Gasteiger partial charge in [0, 0.05) is 22.2 Å². The molecule has 2 aromatic rings. The van der Waals surface area contributed by atoms with Gasteiger partial charge in [0.05, 0.1) is 28.7 Å². The van der Waals surface area contributed by atoms with Crippen molar-refractivity contribution in [3.63, 3.8) is 0 Å². The lowest BCUT2D eigenvalue weighted by atomic mass is 9.79. The molecule has 2 aliphatic rings. The molecule has 1 heterocycles. The van der Waals surface area contributed by atoms with Crippen LogP contribution in [0.25, 0.3) is 0 Å². The van der Waals surface area contributed by atoms with Gasteiger partial charge in [-0.05, 0) is 23.6 Å². The first-order chi connectivity index (χ1) is 14.1. The maximum absolute atomic E-state index is 12.3. The van der Waals surface area contributed by atoms with Crippen LogP contribution in [0.3, 0.4) is 0 Å². The van der Waals surface area contributed by atoms with E-state index in [9.17, 15) is 19.8 Å². The Morgan fingerprint density at radius 3 is 2.63 bits per heavy atom. The second-order valence-electron chi connectivity index (χ2n) is 7.66. The average Bonchev–Trinajstić information content (AvgIpc) is 2.97. The van der Waals surface area contributed by atoms with Crippen LogP contribution in [0.15, 0.2) is 34.1 Å². The Labute approximate surface area is 190 Å². The van der Waals surface area contributed by atoms with Crippen LogP contribution in [-0.4, -0.2) is 44.0 Å². The number of halogens is 2. The maximum atomic E-state index is 12.3. The van der Waals surface area contributed by atoms with Gasteiger partial charge >= 0.3 is 11.9 Å². The standard InChI is InChI=1S/C19H18Cl2N2O5S2/c1-18-11(12(18)15(24)25)13(30-17-23-4-5-29-17)14(19(18,22)16(26)27)28-7-8-2-3-9(20)10(21)6-8/h2-6,11-14H,7,22H2,1H3,(H,24,25)(H,26,27)/t11-,12-,13+,14-,18+,19-/m1/s1. The molecule has 2 saturated carbocycles. The number of aliphatic carboxylic acids is 2. The molecule has 0 spiro atoms. The highest BCUT2D eigenvalue weighted by atomic mass is 35.5. The second kappa shape index (κ2) is 7.65. The minimum Gasteiger partial charge on any atom is -0.481 e. The molecule has 11 heteroatoms. The molecule has 1 aromatic carbocycles. The molecule has 4 N–H and O–H groups in total. The van der Waals surface area contributed by atoms with Crippen molar-refractivity contribution < 1.29 is 24.5 Å². The predicted octanol–water partition coefficient (Wildman–Crippen LogP) is 3.63. The summed E-state index contributed by atoms with van der Waals surface area (Å²) >= 11 is 14.7. The van der Waals surface area contributed by atoms with Gasteiger partial charge in [-0.25, -0.2) is 4.98 Å². The lowest BCUT2D eigenvalue weighted by Gasteiger charge is -2.37. The summed E-state index contributed by atoms with van der Waals surface area (Å²) in [7, 11) is 0. The maximum Gasteiger partial charge on any atom is 0.327 e. The van der Waals surface area contributed by atoms with E-state index in [1.165, 1.54) is 23.1 Å². The molecule has 0 aliphatic heterocycles. The fourth-order valence-corrected chi connectivity index (χ4v) is 7.45. The Bertz CT molecular complexity index is 1010. The molecule has 1 aromatic heterocycles. The van der Waals surface area contributed by atoms with Crippen LogP contribution in [0.4, 0.5) is 0 Å². The summed E-state index contributed by atoms with van der Waals surface area (Å²) in [5, 5.41) is 21.8. The van der Waals surface area contributed by atoms with Crippen molar-refractivity contribution in [3.05, 3.63) is 45.4 Å². The van der Waals surface area contributed by atoms with Crippen molar-refractivity contribution in [2.75, 3.05) is 0 Å². The van der Waals surface area contributed by atoms with Gasteiger partial charge in [0.2, 0.25) is 0 Å². The predicted molar refractivity (Wildman–Crippen MR) is 114 cm³/mol. The van der Waals surface area contributed by atoms with E-state index < -0.39 is 46.1 Å². The monoisotopic (exact) mass is 488 g/mol. The van der Waals surface area contributed by atoms with E-state index >= 15 is 0 Å². The van der Waals surface area contributed by atoms with Crippen LogP contribution in [-0.2, 0) is 20.9 Å². The number of thiazole rings is 1. The largest absolute Gasteiger partial charge is 0.481 e. The molecular weight excluding hydrogens is 471 g/mol. The van der Waals surface area contributed by atoms with Crippen molar-refractivity contribution in [1.29, 1.82) is 0 Å². The normalized spacial score (nSPS) is 34.5. The number of nitrogens with two attached hydrogens (primary N) is 1. The molecule has 2 fully saturated rings. The second-order valence-corrected chi connectivity index (χ2v) is 10.8. The Hall–Kier alpha value is -1.36. The minimum absolute atomic E-state index is 0.0588. The Morgan fingerprint density at radius 1 is 1.33 bits per heavy atom. The molecule has 0 radical (unpaired) electrons. The summed E-state index contributed by atoms with van der Waals surface area (Å²) in [6, 6.07) is 5.00. The molecule has 160 valence electrons. The zero-order valence-corrected chi connectivity index (χ0v) is 18.8. The highest BCUT2D eigenvalue weighted by Gasteiger charge is 2.86. The topological polar surface area (TPSA) is 123 Å². The lowest BCUT2D eigenvalue weighted by molar-refractivity contribution is -0.155. The van der Waals surface area contributed by atoms with Crippen molar-refractivity contribution >= 4 is 58.2 Å². The Morgan fingerprint density at radius 2 is 2.07 bits per heavy atom. The number of benzene rings is 1. The highest BCUT2D eigenvalue weighted by Crippen LogP contribution is 2.74. The summed E-state index contributed by atoms with van der Waals surface area (Å²) in [6.07, 6.45) is 0.713. The van der Waals surface area contributed by atoms with Crippen LogP contribution >= 0.6 is 46.3 Å². The third kappa shape index (κ3) is 3.14. The lowest BCUT2D eigenvalue weighted by Crippen LogP contribution is -2.64. The SMILES string of the molecule is C[C@@]12[C@@H]([C@H](Sc3nccs3)[C@@H](OCc3ccc(Cl)c(Cl)c3)[C@@]1(N)C(=O)O)[C@@H]2C(=O)O. The molecule has 30 heavy (non-hydrogen) atoms. The number of nitrogens with zero attached hydrogens (tertiary/aromatic N) is 1. The summed E-state index contributed by atoms with van der Waals surface area (Å²) in [6.45, 7) is 1.69. The van der Waals surface area contributed by atoms with Gasteiger partial charge in [-0.1, -0.05) is 48.0 Å².